The zero-order chi connectivity index (χ0) is 35.6. The van der Waals surface area contributed by atoms with Crippen molar-refractivity contribution < 1.29 is 36.4 Å². The van der Waals surface area contributed by atoms with Crippen LogP contribution < -0.4 is 4.74 Å². The number of likely N-dealkylation sites (tertiary alicyclic amines) is 2. The van der Waals surface area contributed by atoms with Crippen molar-refractivity contribution >= 4 is 16.9 Å². The zero-order valence-corrected chi connectivity index (χ0v) is 30.6. The maximum Gasteiger partial charge on any atom is 0.416 e. The molecule has 0 saturated carbocycles. The molecule has 2 aromatic rings. The molecule has 12 heteroatoms. The number of benzene rings is 2. The van der Waals surface area contributed by atoms with Gasteiger partial charge in [-0.25, -0.2) is 8.51 Å². The van der Waals surface area contributed by atoms with E-state index >= 15 is 0 Å². The molecular formula is C37H54F3N3O5S. The summed E-state index contributed by atoms with van der Waals surface area (Å²) in [5.74, 6) is 0.571. The predicted octanol–water partition coefficient (Wildman–Crippen LogP) is 6.88. The standard InChI is InChI=1S/C35H48F3N3O5S.C2H6/c1-26-21-31(44-3)22-27(2)33(26)47(43)41-16-5-4-11-30(41)24-45-25-32(42)40-17-12-34(13-18-40,46-20-19-39-14-6-7-15-39)28-9-8-10-29(23-28)35(36,37)38;1-2/h8-10,21-23,30H,4-7,11-20,24-25H2,1-3H3;1-2H3. The Morgan fingerprint density at radius 1 is 0.959 bits per heavy atom. The van der Waals surface area contributed by atoms with Crippen molar-refractivity contribution in [1.29, 1.82) is 0 Å². The SMILES string of the molecule is CC.COc1cc(C)c(S(=O)N2CCCCC2COCC(=O)N2CCC(OCCN3CCCC3)(c3cccc(C(F)(F)F)c3)CC2)c(C)c1. The van der Waals surface area contributed by atoms with Gasteiger partial charge in [-0.1, -0.05) is 32.4 Å². The Labute approximate surface area is 292 Å². The van der Waals surface area contributed by atoms with E-state index in [0.717, 1.165) is 79.6 Å². The Morgan fingerprint density at radius 2 is 1.61 bits per heavy atom. The third kappa shape index (κ3) is 10.1. The third-order valence-corrected chi connectivity index (χ3v) is 11.7. The van der Waals surface area contributed by atoms with E-state index in [0.29, 0.717) is 44.6 Å². The van der Waals surface area contributed by atoms with Crippen molar-refractivity contribution in [3.63, 3.8) is 0 Å². The molecule has 0 N–H and O–H groups in total. The maximum atomic E-state index is 13.8. The van der Waals surface area contributed by atoms with Gasteiger partial charge in [0.05, 0.1) is 36.4 Å². The quantitative estimate of drug-likeness (QED) is 0.240. The lowest BCUT2D eigenvalue weighted by Gasteiger charge is -2.42. The Hall–Kier alpha value is -2.51. The minimum Gasteiger partial charge on any atom is -0.497 e. The number of hydrogen-bond acceptors (Lipinski definition) is 6. The molecule has 0 radical (unpaired) electrons. The highest BCUT2D eigenvalue weighted by Gasteiger charge is 2.41. The van der Waals surface area contributed by atoms with Gasteiger partial charge >= 0.3 is 6.18 Å². The zero-order valence-electron chi connectivity index (χ0n) is 29.8. The van der Waals surface area contributed by atoms with E-state index in [-0.39, 0.29) is 25.2 Å². The lowest BCUT2D eigenvalue weighted by atomic mass is 9.83. The molecule has 49 heavy (non-hydrogen) atoms. The number of nitrogens with zero attached hydrogens (tertiary/aromatic N) is 3. The molecule has 5 rings (SSSR count). The molecule has 3 heterocycles. The second kappa shape index (κ2) is 18.1. The maximum absolute atomic E-state index is 13.8. The van der Waals surface area contributed by atoms with Crippen molar-refractivity contribution in [2.24, 2.45) is 0 Å². The van der Waals surface area contributed by atoms with Crippen LogP contribution in [0.5, 0.6) is 5.75 Å². The van der Waals surface area contributed by atoms with E-state index in [1.807, 2.05) is 44.1 Å². The van der Waals surface area contributed by atoms with Gasteiger partial charge in [-0.05, 0) is 106 Å². The van der Waals surface area contributed by atoms with Crippen LogP contribution in [0.4, 0.5) is 13.2 Å². The van der Waals surface area contributed by atoms with E-state index in [1.54, 1.807) is 18.1 Å². The fourth-order valence-corrected chi connectivity index (χ4v) is 8.78. The molecule has 3 aliphatic heterocycles. The normalized spacial score (nSPS) is 20.8. The predicted molar refractivity (Wildman–Crippen MR) is 186 cm³/mol. The Morgan fingerprint density at radius 3 is 2.24 bits per heavy atom. The van der Waals surface area contributed by atoms with Gasteiger partial charge in [-0.2, -0.15) is 13.2 Å². The number of halogens is 3. The van der Waals surface area contributed by atoms with Gasteiger partial charge in [0.1, 0.15) is 23.3 Å². The van der Waals surface area contributed by atoms with Crippen molar-refractivity contribution in [1.82, 2.24) is 14.1 Å². The number of carbonyl (C=O) groups is 1. The first-order valence-electron chi connectivity index (χ1n) is 17.7. The lowest BCUT2D eigenvalue weighted by Crippen LogP contribution is -2.48. The van der Waals surface area contributed by atoms with Crippen LogP contribution in [0.1, 0.15) is 81.0 Å². The summed E-state index contributed by atoms with van der Waals surface area (Å²) in [5, 5.41) is 0. The number of rotatable bonds is 12. The van der Waals surface area contributed by atoms with Crippen LogP contribution in [0.25, 0.3) is 0 Å². The summed E-state index contributed by atoms with van der Waals surface area (Å²) in [6, 6.07) is 9.14. The molecule has 274 valence electrons. The molecule has 3 saturated heterocycles. The molecule has 2 atom stereocenters. The third-order valence-electron chi connectivity index (χ3n) is 9.79. The van der Waals surface area contributed by atoms with Crippen molar-refractivity contribution in [3.05, 3.63) is 58.7 Å². The summed E-state index contributed by atoms with van der Waals surface area (Å²) >= 11 is 0. The fraction of sp³-hybridized carbons (Fsp3) is 0.649. The highest BCUT2D eigenvalue weighted by atomic mass is 32.2. The lowest BCUT2D eigenvalue weighted by molar-refractivity contribution is -0.145. The van der Waals surface area contributed by atoms with Crippen LogP contribution in [0.2, 0.25) is 0 Å². The molecular weight excluding hydrogens is 655 g/mol. The summed E-state index contributed by atoms with van der Waals surface area (Å²) < 4.78 is 74.4. The molecule has 3 fully saturated rings. The average molecular weight is 710 g/mol. The first kappa shape index (κ1) is 39.3. The second-order valence-electron chi connectivity index (χ2n) is 13.0. The first-order valence-corrected chi connectivity index (χ1v) is 18.8. The van der Waals surface area contributed by atoms with Crippen LogP contribution in [0, 0.1) is 13.8 Å². The van der Waals surface area contributed by atoms with E-state index in [4.69, 9.17) is 14.2 Å². The molecule has 8 nitrogen and oxygen atoms in total. The van der Waals surface area contributed by atoms with Gasteiger partial charge in [-0.15, -0.1) is 0 Å². The molecule has 2 aromatic carbocycles. The van der Waals surface area contributed by atoms with Crippen molar-refractivity contribution in [2.45, 2.75) is 95.4 Å². The highest BCUT2D eigenvalue weighted by Crippen LogP contribution is 2.40. The molecule has 0 spiro atoms. The minimum absolute atomic E-state index is 0.0859. The van der Waals surface area contributed by atoms with Crippen molar-refractivity contribution in [2.75, 3.05) is 66.2 Å². The first-order chi connectivity index (χ1) is 23.5. The Kier molecular flexibility index (Phi) is 14.5. The van der Waals surface area contributed by atoms with Gasteiger partial charge in [0, 0.05) is 32.2 Å². The number of aryl methyl sites for hydroxylation is 2. The number of alkyl halides is 3. The monoisotopic (exact) mass is 709 g/mol. The summed E-state index contributed by atoms with van der Waals surface area (Å²) in [5.41, 5.74) is 0.728. The molecule has 0 aliphatic carbocycles. The summed E-state index contributed by atoms with van der Waals surface area (Å²) in [6.45, 7) is 12.6. The Bertz CT molecular complexity index is 1370. The highest BCUT2D eigenvalue weighted by molar-refractivity contribution is 7.82. The van der Waals surface area contributed by atoms with Crippen LogP contribution in [0.3, 0.4) is 0 Å². The van der Waals surface area contributed by atoms with Crippen LogP contribution in [0.15, 0.2) is 41.3 Å². The van der Waals surface area contributed by atoms with E-state index in [2.05, 4.69) is 4.90 Å². The number of amides is 1. The number of carbonyl (C=O) groups excluding carboxylic acids is 1. The summed E-state index contributed by atoms with van der Waals surface area (Å²) in [6.07, 6.45) is 1.41. The molecule has 3 aliphatic rings. The van der Waals surface area contributed by atoms with Gasteiger partial charge in [0.2, 0.25) is 5.91 Å². The number of piperidine rings is 2. The minimum atomic E-state index is -4.45. The topological polar surface area (TPSA) is 71.5 Å². The Balaban J connectivity index is 0.00000265. The van der Waals surface area contributed by atoms with Gasteiger partial charge in [0.15, 0.2) is 0 Å². The number of hydrogen-bond donors (Lipinski definition) is 0. The summed E-state index contributed by atoms with van der Waals surface area (Å²) in [4.78, 5) is 18.1. The molecule has 0 aromatic heterocycles. The number of methoxy groups -OCH3 is 1. The molecule has 2 unspecified atom stereocenters. The number of ether oxygens (including phenoxy) is 3. The van der Waals surface area contributed by atoms with Crippen LogP contribution in [-0.2, 0) is 37.0 Å². The van der Waals surface area contributed by atoms with Gasteiger partial charge < -0.3 is 24.0 Å². The van der Waals surface area contributed by atoms with Gasteiger partial charge in [-0.3, -0.25) is 4.79 Å². The second-order valence-corrected chi connectivity index (χ2v) is 14.4. The van der Waals surface area contributed by atoms with Crippen LogP contribution in [-0.4, -0.2) is 96.5 Å². The smallest absolute Gasteiger partial charge is 0.416 e. The summed E-state index contributed by atoms with van der Waals surface area (Å²) in [7, 11) is 0.241. The average Bonchev–Trinajstić information content (AvgIpc) is 3.62. The molecule has 0 bridgehead atoms. The fourth-order valence-electron chi connectivity index (χ4n) is 7.14. The van der Waals surface area contributed by atoms with E-state index in [1.165, 1.54) is 12.1 Å². The van der Waals surface area contributed by atoms with Crippen LogP contribution >= 0.6 is 0 Å². The molecule has 1 amide bonds. The van der Waals surface area contributed by atoms with E-state index < -0.39 is 28.3 Å². The van der Waals surface area contributed by atoms with Crippen molar-refractivity contribution in [3.8, 4) is 5.75 Å². The largest absolute Gasteiger partial charge is 0.497 e. The van der Waals surface area contributed by atoms with E-state index in [9.17, 15) is 22.2 Å². The van der Waals surface area contributed by atoms with Gasteiger partial charge in [0.25, 0.3) is 0 Å².